The first kappa shape index (κ1) is 29.5. The molecule has 9 heteroatoms. The van der Waals surface area contributed by atoms with Gasteiger partial charge >= 0.3 is 12.1 Å². The maximum atomic E-state index is 13.1. The Labute approximate surface area is 240 Å². The Bertz CT molecular complexity index is 1430. The molecule has 0 spiro atoms. The smallest absolute Gasteiger partial charge is 0.410 e. The van der Waals surface area contributed by atoms with Gasteiger partial charge in [-0.05, 0) is 67.3 Å². The zero-order valence-electron chi connectivity index (χ0n) is 23.7. The van der Waals surface area contributed by atoms with Gasteiger partial charge in [-0.3, -0.25) is 4.79 Å². The molecule has 1 aliphatic rings. The lowest BCUT2D eigenvalue weighted by Crippen LogP contribution is -2.36. The molecule has 4 rings (SSSR count). The van der Waals surface area contributed by atoms with E-state index in [1.807, 2.05) is 75.4 Å². The van der Waals surface area contributed by atoms with Crippen molar-refractivity contribution in [2.24, 2.45) is 10.9 Å². The Balaban J connectivity index is 1.48. The fourth-order valence-electron chi connectivity index (χ4n) is 4.74. The van der Waals surface area contributed by atoms with Crippen LogP contribution in [-0.4, -0.2) is 59.4 Å². The van der Waals surface area contributed by atoms with E-state index in [1.54, 1.807) is 17.0 Å². The number of hydrogen-bond acceptors (Lipinski definition) is 7. The second kappa shape index (κ2) is 12.8. The molecule has 1 amide bonds. The Morgan fingerprint density at radius 3 is 2.54 bits per heavy atom. The molecule has 1 heterocycles. The van der Waals surface area contributed by atoms with Crippen LogP contribution in [0.2, 0.25) is 0 Å². The van der Waals surface area contributed by atoms with Crippen molar-refractivity contribution in [2.75, 3.05) is 19.7 Å². The molecule has 41 heavy (non-hydrogen) atoms. The van der Waals surface area contributed by atoms with Crippen LogP contribution in [-0.2, 0) is 20.7 Å². The average Bonchev–Trinajstić information content (AvgIpc) is 3.42. The SMILES string of the molecule is C=CCOC(=O)C(Cc1ccc2ccc(C(N)=NO)cc2c1)c1ccc(OC2CCN(C(=O)OC(C)(C)C)C2)cc1. The highest BCUT2D eigenvalue weighted by Crippen LogP contribution is 2.28. The molecule has 0 bridgehead atoms. The van der Waals surface area contributed by atoms with E-state index in [2.05, 4.69) is 11.7 Å². The van der Waals surface area contributed by atoms with Crippen LogP contribution in [0, 0.1) is 0 Å². The number of carbonyl (C=O) groups excluding carboxylic acids is 2. The highest BCUT2D eigenvalue weighted by molar-refractivity contribution is 6.00. The number of amidine groups is 1. The molecule has 3 N–H and O–H groups in total. The van der Waals surface area contributed by atoms with E-state index in [0.29, 0.717) is 37.2 Å². The van der Waals surface area contributed by atoms with Gasteiger partial charge in [-0.2, -0.15) is 0 Å². The van der Waals surface area contributed by atoms with Crippen molar-refractivity contribution >= 4 is 28.7 Å². The lowest BCUT2D eigenvalue weighted by Gasteiger charge is -2.24. The second-order valence-corrected chi connectivity index (χ2v) is 11.1. The number of rotatable bonds is 9. The van der Waals surface area contributed by atoms with Gasteiger partial charge in [-0.25, -0.2) is 4.79 Å². The standard InChI is InChI=1S/C32H37N3O6/c1-5-16-39-30(36)28(18-21-6-7-22-8-9-24(29(33)34-38)19-25(22)17-21)23-10-12-26(13-11-23)40-27-14-15-35(20-27)31(37)41-32(2,3)4/h5-13,17,19,27-28,38H,1,14-16,18,20H2,2-4H3,(H2,33,34). The zero-order valence-corrected chi connectivity index (χ0v) is 23.7. The molecule has 0 saturated carbocycles. The molecule has 1 aliphatic heterocycles. The fourth-order valence-corrected chi connectivity index (χ4v) is 4.74. The summed E-state index contributed by atoms with van der Waals surface area (Å²) < 4.78 is 17.0. The average molecular weight is 560 g/mol. The van der Waals surface area contributed by atoms with Gasteiger partial charge < -0.3 is 30.1 Å². The molecule has 216 valence electrons. The Hall–Kier alpha value is -4.53. The maximum Gasteiger partial charge on any atom is 0.410 e. The molecule has 1 fully saturated rings. The van der Waals surface area contributed by atoms with Crippen molar-refractivity contribution in [1.29, 1.82) is 0 Å². The van der Waals surface area contributed by atoms with Crippen LogP contribution in [0.1, 0.15) is 49.8 Å². The number of carbonyl (C=O) groups is 2. The van der Waals surface area contributed by atoms with Gasteiger partial charge in [0.25, 0.3) is 0 Å². The van der Waals surface area contributed by atoms with Crippen LogP contribution < -0.4 is 10.5 Å². The number of nitrogens with zero attached hydrogens (tertiary/aromatic N) is 2. The van der Waals surface area contributed by atoms with Crippen LogP contribution in [0.3, 0.4) is 0 Å². The number of ether oxygens (including phenoxy) is 3. The number of fused-ring (bicyclic) bond motifs is 1. The predicted molar refractivity (Wildman–Crippen MR) is 157 cm³/mol. The normalized spacial score (nSPS) is 16.3. The summed E-state index contributed by atoms with van der Waals surface area (Å²) in [5.41, 5.74) is 7.55. The third-order valence-corrected chi connectivity index (χ3v) is 6.76. The van der Waals surface area contributed by atoms with Crippen molar-refractivity contribution in [3.63, 3.8) is 0 Å². The minimum atomic E-state index is -0.553. The first-order valence-electron chi connectivity index (χ1n) is 13.6. The lowest BCUT2D eigenvalue weighted by atomic mass is 9.91. The predicted octanol–water partition coefficient (Wildman–Crippen LogP) is 5.38. The minimum Gasteiger partial charge on any atom is -0.489 e. The number of amides is 1. The largest absolute Gasteiger partial charge is 0.489 e. The summed E-state index contributed by atoms with van der Waals surface area (Å²) in [5, 5.41) is 14.0. The second-order valence-electron chi connectivity index (χ2n) is 11.1. The molecular weight excluding hydrogens is 522 g/mol. The van der Waals surface area contributed by atoms with E-state index < -0.39 is 11.5 Å². The third kappa shape index (κ3) is 7.78. The van der Waals surface area contributed by atoms with Gasteiger partial charge in [0.05, 0.1) is 12.5 Å². The van der Waals surface area contributed by atoms with E-state index in [4.69, 9.17) is 25.2 Å². The molecular formula is C32H37N3O6. The number of nitrogens with two attached hydrogens (primary N) is 1. The van der Waals surface area contributed by atoms with Crippen molar-refractivity contribution in [2.45, 2.75) is 51.2 Å². The van der Waals surface area contributed by atoms with Crippen molar-refractivity contribution in [3.8, 4) is 5.75 Å². The number of likely N-dealkylation sites (tertiary alicyclic amines) is 1. The molecule has 3 aromatic rings. The summed E-state index contributed by atoms with van der Waals surface area (Å²) in [6, 6.07) is 18.9. The topological polar surface area (TPSA) is 124 Å². The van der Waals surface area contributed by atoms with Crippen LogP contribution >= 0.6 is 0 Å². The summed E-state index contributed by atoms with van der Waals surface area (Å²) in [4.78, 5) is 27.1. The molecule has 1 saturated heterocycles. The molecule has 9 nitrogen and oxygen atoms in total. The summed E-state index contributed by atoms with van der Waals surface area (Å²) in [7, 11) is 0. The highest BCUT2D eigenvalue weighted by atomic mass is 16.6. The highest BCUT2D eigenvalue weighted by Gasteiger charge is 2.31. The minimum absolute atomic E-state index is 0.0284. The van der Waals surface area contributed by atoms with Crippen LogP contribution in [0.15, 0.2) is 78.5 Å². The monoisotopic (exact) mass is 559 g/mol. The lowest BCUT2D eigenvalue weighted by molar-refractivity contribution is -0.144. The molecule has 2 unspecified atom stereocenters. The Morgan fingerprint density at radius 2 is 1.85 bits per heavy atom. The van der Waals surface area contributed by atoms with Crippen LogP contribution in [0.5, 0.6) is 5.75 Å². The summed E-state index contributed by atoms with van der Waals surface area (Å²) in [6.45, 7) is 10.3. The van der Waals surface area contributed by atoms with Gasteiger partial charge in [0.1, 0.15) is 24.1 Å². The molecule has 3 aromatic carbocycles. The van der Waals surface area contributed by atoms with Gasteiger partial charge in [0.15, 0.2) is 5.84 Å². The number of oxime groups is 1. The zero-order chi connectivity index (χ0) is 29.6. The van der Waals surface area contributed by atoms with Crippen LogP contribution in [0.25, 0.3) is 10.8 Å². The van der Waals surface area contributed by atoms with Gasteiger partial charge in [-0.1, -0.05) is 60.3 Å². The Morgan fingerprint density at radius 1 is 1.12 bits per heavy atom. The summed E-state index contributed by atoms with van der Waals surface area (Å²) in [6.07, 6.45) is 2.17. The first-order valence-corrected chi connectivity index (χ1v) is 13.6. The van der Waals surface area contributed by atoms with Crippen LogP contribution in [0.4, 0.5) is 4.79 Å². The molecule has 0 aromatic heterocycles. The number of esters is 1. The molecule has 2 atom stereocenters. The quantitative estimate of drug-likeness (QED) is 0.0901. The molecule has 0 aliphatic carbocycles. The summed E-state index contributed by atoms with van der Waals surface area (Å²) in [5.74, 6) is -0.222. The van der Waals surface area contributed by atoms with Crippen molar-refractivity contribution < 1.29 is 29.0 Å². The maximum absolute atomic E-state index is 13.1. The van der Waals surface area contributed by atoms with Crippen molar-refractivity contribution in [1.82, 2.24) is 4.90 Å². The number of benzene rings is 3. The van der Waals surface area contributed by atoms with Gasteiger partial charge in [-0.15, -0.1) is 0 Å². The summed E-state index contributed by atoms with van der Waals surface area (Å²) >= 11 is 0. The molecule has 0 radical (unpaired) electrons. The van der Waals surface area contributed by atoms with E-state index in [-0.39, 0.29) is 30.6 Å². The van der Waals surface area contributed by atoms with E-state index in [1.165, 1.54) is 0 Å². The van der Waals surface area contributed by atoms with E-state index in [0.717, 1.165) is 21.9 Å². The fraction of sp³-hybridized carbons (Fsp3) is 0.344. The van der Waals surface area contributed by atoms with Crippen molar-refractivity contribution in [3.05, 3.63) is 90.0 Å². The number of hydrogen-bond donors (Lipinski definition) is 2. The third-order valence-electron chi connectivity index (χ3n) is 6.76. The van der Waals surface area contributed by atoms with E-state index in [9.17, 15) is 9.59 Å². The first-order chi connectivity index (χ1) is 19.6. The Kier molecular flexibility index (Phi) is 9.17. The van der Waals surface area contributed by atoms with Gasteiger partial charge in [0.2, 0.25) is 0 Å². The van der Waals surface area contributed by atoms with E-state index >= 15 is 0 Å². The van der Waals surface area contributed by atoms with Gasteiger partial charge in [0, 0.05) is 18.5 Å².